The summed E-state index contributed by atoms with van der Waals surface area (Å²) >= 11 is 1.64. The third-order valence-electron chi connectivity index (χ3n) is 2.68. The molecule has 0 aliphatic heterocycles. The molecule has 90 valence electrons. The first-order chi connectivity index (χ1) is 7.98. The van der Waals surface area contributed by atoms with Gasteiger partial charge in [-0.15, -0.1) is 11.3 Å². The molecule has 0 aromatic carbocycles. The highest BCUT2D eigenvalue weighted by molar-refractivity contribution is 7.15. The van der Waals surface area contributed by atoms with Crippen molar-refractivity contribution in [1.29, 1.82) is 0 Å². The molecule has 2 aromatic rings. The van der Waals surface area contributed by atoms with Gasteiger partial charge in [0.25, 0.3) is 0 Å². The van der Waals surface area contributed by atoms with E-state index in [2.05, 4.69) is 11.1 Å². The average molecular weight is 247 g/mol. The second-order valence-electron chi connectivity index (χ2n) is 5.21. The monoisotopic (exact) mass is 247 g/mol. The lowest BCUT2D eigenvalue weighted by Crippen LogP contribution is -2.16. The minimum Gasteiger partial charge on any atom is -0.387 e. The zero-order chi connectivity index (χ0) is 12.5. The van der Waals surface area contributed by atoms with Crippen molar-refractivity contribution >= 4 is 11.3 Å². The highest BCUT2D eigenvalue weighted by atomic mass is 32.1. The van der Waals surface area contributed by atoms with Crippen molar-refractivity contribution < 1.29 is 5.11 Å². The Morgan fingerprint density at radius 3 is 2.35 bits per heavy atom. The van der Waals surface area contributed by atoms with Gasteiger partial charge in [0.1, 0.15) is 0 Å². The van der Waals surface area contributed by atoms with Gasteiger partial charge >= 0.3 is 0 Å². The van der Waals surface area contributed by atoms with Crippen LogP contribution < -0.4 is 0 Å². The van der Waals surface area contributed by atoms with Crippen LogP contribution in [-0.2, 0) is 0 Å². The van der Waals surface area contributed by atoms with Crippen LogP contribution in [0.3, 0.4) is 0 Å². The maximum Gasteiger partial charge on any atom is 0.0930 e. The van der Waals surface area contributed by atoms with Crippen LogP contribution in [0.1, 0.15) is 31.8 Å². The molecule has 0 aliphatic carbocycles. The molecule has 1 unspecified atom stereocenters. The molecule has 0 amide bonds. The first-order valence-corrected chi connectivity index (χ1v) is 6.48. The Bertz CT molecular complexity index is 484. The summed E-state index contributed by atoms with van der Waals surface area (Å²) in [4.78, 5) is 6.20. The SMILES string of the molecule is CC(C)(C)C(O)c1ccc(-c2ccncc2)s1. The lowest BCUT2D eigenvalue weighted by Gasteiger charge is -2.24. The molecule has 2 aromatic heterocycles. The van der Waals surface area contributed by atoms with Gasteiger partial charge in [-0.2, -0.15) is 0 Å². The van der Waals surface area contributed by atoms with Crippen molar-refractivity contribution in [1.82, 2.24) is 4.98 Å². The average Bonchev–Trinajstić information content (AvgIpc) is 2.77. The van der Waals surface area contributed by atoms with E-state index >= 15 is 0 Å². The molecular weight excluding hydrogens is 230 g/mol. The van der Waals surface area contributed by atoms with E-state index in [1.807, 2.05) is 39.0 Å². The number of thiophene rings is 1. The zero-order valence-corrected chi connectivity index (χ0v) is 11.2. The molecule has 2 nitrogen and oxygen atoms in total. The lowest BCUT2D eigenvalue weighted by molar-refractivity contribution is 0.0658. The molecule has 0 saturated heterocycles. The van der Waals surface area contributed by atoms with Crippen LogP contribution in [0.2, 0.25) is 0 Å². The molecule has 0 bridgehead atoms. The summed E-state index contributed by atoms with van der Waals surface area (Å²) in [5, 5.41) is 10.2. The van der Waals surface area contributed by atoms with Crippen LogP contribution in [0, 0.1) is 5.41 Å². The van der Waals surface area contributed by atoms with Crippen molar-refractivity contribution in [3.8, 4) is 10.4 Å². The van der Waals surface area contributed by atoms with E-state index in [0.717, 1.165) is 10.4 Å². The highest BCUT2D eigenvalue weighted by Crippen LogP contribution is 2.38. The molecule has 2 rings (SSSR count). The van der Waals surface area contributed by atoms with Gasteiger partial charge < -0.3 is 5.11 Å². The van der Waals surface area contributed by atoms with E-state index in [9.17, 15) is 5.11 Å². The summed E-state index contributed by atoms with van der Waals surface area (Å²) in [7, 11) is 0. The number of aliphatic hydroxyl groups excluding tert-OH is 1. The number of pyridine rings is 1. The predicted octanol–water partition coefficient (Wildman–Crippen LogP) is 3.89. The van der Waals surface area contributed by atoms with Gasteiger partial charge in [0.2, 0.25) is 0 Å². The fourth-order valence-corrected chi connectivity index (χ4v) is 2.84. The number of hydrogen-bond acceptors (Lipinski definition) is 3. The van der Waals surface area contributed by atoms with Crippen LogP contribution in [0.5, 0.6) is 0 Å². The lowest BCUT2D eigenvalue weighted by atomic mass is 9.88. The van der Waals surface area contributed by atoms with Gasteiger partial charge in [-0.1, -0.05) is 20.8 Å². The topological polar surface area (TPSA) is 33.1 Å². The Hall–Kier alpha value is -1.19. The maximum atomic E-state index is 10.2. The Kier molecular flexibility index (Phi) is 3.31. The quantitative estimate of drug-likeness (QED) is 0.873. The van der Waals surface area contributed by atoms with Gasteiger partial charge in [-0.3, -0.25) is 4.98 Å². The van der Waals surface area contributed by atoms with Gasteiger partial charge in [0, 0.05) is 22.1 Å². The summed E-state index contributed by atoms with van der Waals surface area (Å²) in [6, 6.07) is 8.04. The molecule has 17 heavy (non-hydrogen) atoms. The molecule has 2 heterocycles. The highest BCUT2D eigenvalue weighted by Gasteiger charge is 2.25. The number of hydrogen-bond donors (Lipinski definition) is 1. The summed E-state index contributed by atoms with van der Waals surface area (Å²) in [6.45, 7) is 6.14. The van der Waals surface area contributed by atoms with Crippen LogP contribution in [0.25, 0.3) is 10.4 Å². The molecule has 0 spiro atoms. The standard InChI is InChI=1S/C14H17NOS/c1-14(2,3)13(16)12-5-4-11(17-12)10-6-8-15-9-7-10/h4-9,13,16H,1-3H3. The fourth-order valence-electron chi connectivity index (χ4n) is 1.60. The van der Waals surface area contributed by atoms with E-state index < -0.39 is 6.10 Å². The first-order valence-electron chi connectivity index (χ1n) is 5.66. The molecule has 1 atom stereocenters. The Morgan fingerprint density at radius 2 is 1.76 bits per heavy atom. The van der Waals surface area contributed by atoms with E-state index in [0.29, 0.717) is 0 Å². The smallest absolute Gasteiger partial charge is 0.0930 e. The first kappa shape index (κ1) is 12.3. The normalized spacial score (nSPS) is 13.6. The summed E-state index contributed by atoms with van der Waals surface area (Å²) in [5.41, 5.74) is 1.03. The van der Waals surface area contributed by atoms with Crippen molar-refractivity contribution in [2.45, 2.75) is 26.9 Å². The Morgan fingerprint density at radius 1 is 1.12 bits per heavy atom. The van der Waals surface area contributed by atoms with Gasteiger partial charge in [0.05, 0.1) is 6.10 Å². The second kappa shape index (κ2) is 4.59. The third kappa shape index (κ3) is 2.73. The Balaban J connectivity index is 2.28. The van der Waals surface area contributed by atoms with Crippen molar-refractivity contribution in [2.75, 3.05) is 0 Å². The third-order valence-corrected chi connectivity index (χ3v) is 3.87. The largest absolute Gasteiger partial charge is 0.387 e. The minimum absolute atomic E-state index is 0.125. The van der Waals surface area contributed by atoms with Crippen molar-refractivity contribution in [3.63, 3.8) is 0 Å². The van der Waals surface area contributed by atoms with Crippen molar-refractivity contribution in [2.24, 2.45) is 5.41 Å². The maximum absolute atomic E-state index is 10.2. The zero-order valence-electron chi connectivity index (χ0n) is 10.3. The second-order valence-corrected chi connectivity index (χ2v) is 6.32. The van der Waals surface area contributed by atoms with Gasteiger partial charge in [-0.05, 0) is 35.2 Å². The molecular formula is C14H17NOS. The number of aliphatic hydroxyl groups is 1. The van der Waals surface area contributed by atoms with Crippen LogP contribution in [0.15, 0.2) is 36.7 Å². The molecule has 0 aliphatic rings. The summed E-state index contributed by atoms with van der Waals surface area (Å²) in [6.07, 6.45) is 3.16. The summed E-state index contributed by atoms with van der Waals surface area (Å²) in [5.74, 6) is 0. The Labute approximate surface area is 106 Å². The molecule has 0 fully saturated rings. The van der Waals surface area contributed by atoms with E-state index in [1.165, 1.54) is 4.88 Å². The predicted molar refractivity (Wildman–Crippen MR) is 72.0 cm³/mol. The van der Waals surface area contributed by atoms with Crippen LogP contribution >= 0.6 is 11.3 Å². The van der Waals surface area contributed by atoms with E-state index in [4.69, 9.17) is 0 Å². The minimum atomic E-state index is -0.414. The van der Waals surface area contributed by atoms with Crippen molar-refractivity contribution in [3.05, 3.63) is 41.5 Å². The summed E-state index contributed by atoms with van der Waals surface area (Å²) < 4.78 is 0. The molecule has 0 saturated carbocycles. The molecule has 1 N–H and O–H groups in total. The number of nitrogens with zero attached hydrogens (tertiary/aromatic N) is 1. The number of rotatable bonds is 2. The van der Waals surface area contributed by atoms with Gasteiger partial charge in [0.15, 0.2) is 0 Å². The van der Waals surface area contributed by atoms with Crippen LogP contribution in [0.4, 0.5) is 0 Å². The number of aromatic nitrogens is 1. The van der Waals surface area contributed by atoms with E-state index in [1.54, 1.807) is 23.7 Å². The van der Waals surface area contributed by atoms with Gasteiger partial charge in [-0.25, -0.2) is 0 Å². The molecule has 3 heteroatoms. The fraction of sp³-hybridized carbons (Fsp3) is 0.357. The van der Waals surface area contributed by atoms with Crippen LogP contribution in [-0.4, -0.2) is 10.1 Å². The van der Waals surface area contributed by atoms with E-state index in [-0.39, 0.29) is 5.41 Å². The molecule has 0 radical (unpaired) electrons.